The topological polar surface area (TPSA) is 82.1 Å². The number of amides is 1. The van der Waals surface area contributed by atoms with Crippen molar-refractivity contribution in [3.63, 3.8) is 0 Å². The zero-order chi connectivity index (χ0) is 20.1. The summed E-state index contributed by atoms with van der Waals surface area (Å²) in [7, 11) is 3.68. The van der Waals surface area contributed by atoms with Gasteiger partial charge in [-0.25, -0.2) is 0 Å². The molecule has 2 fully saturated rings. The van der Waals surface area contributed by atoms with Gasteiger partial charge in [0.15, 0.2) is 0 Å². The number of fused-ring (bicyclic) bond motifs is 1. The summed E-state index contributed by atoms with van der Waals surface area (Å²) in [6, 6.07) is 7.83. The fraction of sp³-hybridized carbons (Fsp3) is 0.619. The Labute approximate surface area is 166 Å². The number of carbonyl (C=O) groups excluding carboxylic acids is 1. The number of carbonyl (C=O) groups is 2. The molecule has 1 aromatic rings. The monoisotopic (exact) mass is 389 g/mol. The molecule has 1 aromatic carbocycles. The van der Waals surface area contributed by atoms with Crippen LogP contribution < -0.4 is 10.1 Å². The maximum Gasteiger partial charge on any atom is 0.317 e. The van der Waals surface area contributed by atoms with E-state index in [1.165, 1.54) is 0 Å². The smallest absolute Gasteiger partial charge is 0.317 e. The van der Waals surface area contributed by atoms with Crippen LogP contribution in [0, 0.1) is 5.41 Å². The van der Waals surface area contributed by atoms with Gasteiger partial charge in [-0.2, -0.15) is 0 Å². The van der Waals surface area contributed by atoms with Crippen molar-refractivity contribution in [1.82, 2.24) is 15.1 Å². The number of methoxy groups -OCH3 is 1. The van der Waals surface area contributed by atoms with Gasteiger partial charge >= 0.3 is 5.97 Å². The molecule has 2 aliphatic rings. The SMILES string of the molecule is COc1ccc(CCNC(=O)[C@@]23CCCN(CC(=O)O)[C@H]2CN(C)CC3)cc1. The van der Waals surface area contributed by atoms with Gasteiger partial charge in [0, 0.05) is 19.1 Å². The number of benzene rings is 1. The van der Waals surface area contributed by atoms with Crippen molar-refractivity contribution in [3.05, 3.63) is 29.8 Å². The van der Waals surface area contributed by atoms with Crippen LogP contribution in [0.2, 0.25) is 0 Å². The van der Waals surface area contributed by atoms with Crippen molar-refractivity contribution in [1.29, 1.82) is 0 Å². The van der Waals surface area contributed by atoms with Gasteiger partial charge < -0.3 is 20.1 Å². The predicted molar refractivity (Wildman–Crippen MR) is 106 cm³/mol. The van der Waals surface area contributed by atoms with Crippen LogP contribution in [0.3, 0.4) is 0 Å². The van der Waals surface area contributed by atoms with E-state index in [4.69, 9.17) is 4.74 Å². The van der Waals surface area contributed by atoms with Crippen molar-refractivity contribution in [2.75, 3.05) is 46.9 Å². The number of nitrogens with one attached hydrogen (secondary N) is 1. The largest absolute Gasteiger partial charge is 0.497 e. The van der Waals surface area contributed by atoms with Crippen LogP contribution in [0.15, 0.2) is 24.3 Å². The molecule has 0 unspecified atom stereocenters. The molecule has 7 heteroatoms. The van der Waals surface area contributed by atoms with Gasteiger partial charge in [0.25, 0.3) is 0 Å². The Morgan fingerprint density at radius 1 is 1.25 bits per heavy atom. The molecule has 2 saturated heterocycles. The minimum atomic E-state index is -0.830. The number of hydrogen-bond donors (Lipinski definition) is 2. The zero-order valence-corrected chi connectivity index (χ0v) is 16.8. The Hall–Kier alpha value is -2.12. The Morgan fingerprint density at radius 2 is 2.00 bits per heavy atom. The number of carboxylic acid groups (broad SMARTS) is 1. The third kappa shape index (κ3) is 4.47. The highest BCUT2D eigenvalue weighted by atomic mass is 16.5. The standard InChI is InChI=1S/C21H31N3O4/c1-23-13-10-21(9-3-12-24(15-19(25)26)18(21)14-23)20(27)22-11-8-16-4-6-17(28-2)7-5-16/h4-7,18H,3,8-15H2,1-2H3,(H,22,27)(H,25,26)/t18-,21+/m0/s1. The first-order valence-electron chi connectivity index (χ1n) is 10.0. The van der Waals surface area contributed by atoms with Crippen LogP contribution in [0.1, 0.15) is 24.8 Å². The molecule has 1 amide bonds. The van der Waals surface area contributed by atoms with E-state index in [1.54, 1.807) is 7.11 Å². The lowest BCUT2D eigenvalue weighted by Gasteiger charge is -2.53. The molecule has 28 heavy (non-hydrogen) atoms. The number of likely N-dealkylation sites (N-methyl/N-ethyl adjacent to an activating group) is 1. The molecule has 3 rings (SSSR count). The van der Waals surface area contributed by atoms with E-state index in [1.807, 2.05) is 36.2 Å². The number of rotatable bonds is 7. The zero-order valence-electron chi connectivity index (χ0n) is 16.8. The van der Waals surface area contributed by atoms with E-state index in [2.05, 4.69) is 10.2 Å². The maximum atomic E-state index is 13.3. The van der Waals surface area contributed by atoms with E-state index < -0.39 is 11.4 Å². The first-order valence-corrected chi connectivity index (χ1v) is 10.0. The van der Waals surface area contributed by atoms with Crippen LogP contribution >= 0.6 is 0 Å². The average molecular weight is 389 g/mol. The van der Waals surface area contributed by atoms with E-state index >= 15 is 0 Å². The molecule has 2 N–H and O–H groups in total. The molecule has 0 saturated carbocycles. The normalized spacial score (nSPS) is 25.7. The van der Waals surface area contributed by atoms with Gasteiger partial charge in [0.2, 0.25) is 5.91 Å². The van der Waals surface area contributed by atoms with Crippen LogP contribution in [0.5, 0.6) is 5.75 Å². The summed E-state index contributed by atoms with van der Waals surface area (Å²) in [6.45, 7) is 2.92. The summed E-state index contributed by atoms with van der Waals surface area (Å²) in [5.74, 6) is 0.0692. The average Bonchev–Trinajstić information content (AvgIpc) is 2.68. The summed E-state index contributed by atoms with van der Waals surface area (Å²) in [5.41, 5.74) is 0.662. The third-order valence-corrected chi connectivity index (χ3v) is 6.22. The first-order chi connectivity index (χ1) is 13.4. The second-order valence-electron chi connectivity index (χ2n) is 8.01. The molecular formula is C21H31N3O4. The highest BCUT2D eigenvalue weighted by molar-refractivity contribution is 5.84. The lowest BCUT2D eigenvalue weighted by Crippen LogP contribution is -2.66. The first kappa shape index (κ1) is 20.6. The van der Waals surface area contributed by atoms with Crippen molar-refractivity contribution in [2.45, 2.75) is 31.7 Å². The summed E-state index contributed by atoms with van der Waals surface area (Å²) < 4.78 is 5.18. The second kappa shape index (κ2) is 8.92. The minimum absolute atomic E-state index is 0.000610. The van der Waals surface area contributed by atoms with Gasteiger partial charge in [-0.3, -0.25) is 14.5 Å². The summed E-state index contributed by atoms with van der Waals surface area (Å²) in [4.78, 5) is 28.8. The number of nitrogens with zero attached hydrogens (tertiary/aromatic N) is 2. The Morgan fingerprint density at radius 3 is 2.68 bits per heavy atom. The molecule has 2 atom stereocenters. The Kier molecular flexibility index (Phi) is 6.57. The molecule has 0 aliphatic carbocycles. The number of carboxylic acids is 1. The third-order valence-electron chi connectivity index (χ3n) is 6.22. The Balaban J connectivity index is 1.65. The fourth-order valence-corrected chi connectivity index (χ4v) is 4.66. The van der Waals surface area contributed by atoms with Gasteiger partial charge in [0.05, 0.1) is 19.1 Å². The fourth-order valence-electron chi connectivity index (χ4n) is 4.66. The molecule has 0 radical (unpaired) electrons. The van der Waals surface area contributed by atoms with E-state index in [0.29, 0.717) is 6.54 Å². The van der Waals surface area contributed by atoms with Gasteiger partial charge in [-0.05, 0) is 63.5 Å². The highest BCUT2D eigenvalue weighted by Gasteiger charge is 2.52. The summed E-state index contributed by atoms with van der Waals surface area (Å²) >= 11 is 0. The van der Waals surface area contributed by atoms with Gasteiger partial charge in [-0.15, -0.1) is 0 Å². The molecule has 2 heterocycles. The van der Waals surface area contributed by atoms with Gasteiger partial charge in [-0.1, -0.05) is 12.1 Å². The van der Waals surface area contributed by atoms with Gasteiger partial charge in [0.1, 0.15) is 5.75 Å². The maximum absolute atomic E-state index is 13.3. The lowest BCUT2D eigenvalue weighted by atomic mass is 9.67. The van der Waals surface area contributed by atoms with Crippen molar-refractivity contribution in [3.8, 4) is 5.75 Å². The van der Waals surface area contributed by atoms with Crippen LogP contribution in [0.4, 0.5) is 0 Å². The summed E-state index contributed by atoms with van der Waals surface area (Å²) in [5, 5.41) is 12.4. The number of likely N-dealkylation sites (tertiary alicyclic amines) is 2. The number of ether oxygens (including phenoxy) is 1. The van der Waals surface area contributed by atoms with Crippen LogP contribution in [-0.2, 0) is 16.0 Å². The molecule has 0 spiro atoms. The van der Waals surface area contributed by atoms with Crippen molar-refractivity contribution in [2.24, 2.45) is 5.41 Å². The quantitative estimate of drug-likeness (QED) is 0.730. The molecule has 154 valence electrons. The molecule has 0 bridgehead atoms. The number of hydrogen-bond acceptors (Lipinski definition) is 5. The predicted octanol–water partition coefficient (Wildman–Crippen LogP) is 1.22. The lowest BCUT2D eigenvalue weighted by molar-refractivity contribution is -0.151. The molecule has 7 nitrogen and oxygen atoms in total. The van der Waals surface area contributed by atoms with E-state index in [-0.39, 0.29) is 18.5 Å². The van der Waals surface area contributed by atoms with E-state index in [9.17, 15) is 14.7 Å². The second-order valence-corrected chi connectivity index (χ2v) is 8.01. The summed E-state index contributed by atoms with van der Waals surface area (Å²) in [6.07, 6.45) is 3.23. The number of aliphatic carboxylic acids is 1. The minimum Gasteiger partial charge on any atom is -0.497 e. The van der Waals surface area contributed by atoms with Crippen LogP contribution in [0.25, 0.3) is 0 Å². The van der Waals surface area contributed by atoms with Crippen molar-refractivity contribution >= 4 is 11.9 Å². The number of piperidine rings is 2. The highest BCUT2D eigenvalue weighted by Crippen LogP contribution is 2.42. The van der Waals surface area contributed by atoms with Crippen LogP contribution in [-0.4, -0.2) is 79.7 Å². The molecule has 2 aliphatic heterocycles. The molecule has 0 aromatic heterocycles. The molecular weight excluding hydrogens is 358 g/mol. The van der Waals surface area contributed by atoms with E-state index in [0.717, 1.165) is 56.6 Å². The Bertz CT molecular complexity index is 693. The van der Waals surface area contributed by atoms with Crippen molar-refractivity contribution < 1.29 is 19.4 Å².